The van der Waals surface area contributed by atoms with E-state index >= 15 is 0 Å². The van der Waals surface area contributed by atoms with Crippen LogP contribution in [0, 0.1) is 0 Å². The third kappa shape index (κ3) is 4.24. The maximum absolute atomic E-state index is 2.95. The molecule has 0 rings (SSSR count). The number of hydrogen-bond donors (Lipinski definition) is 0. The Hall–Kier alpha value is 0.824. The minimum Gasteiger partial charge on any atom is -0.229 e. The first kappa shape index (κ1) is 13.8. The molecule has 0 aromatic carbocycles. The van der Waals surface area contributed by atoms with Gasteiger partial charge in [-0.05, 0) is 0 Å². The highest BCUT2D eigenvalue weighted by Gasteiger charge is 2.46. The van der Waals surface area contributed by atoms with Crippen LogP contribution in [0.15, 0.2) is 0 Å². The van der Waals surface area contributed by atoms with Crippen LogP contribution in [0.4, 0.5) is 0 Å². The predicted molar refractivity (Wildman–Crippen MR) is 73.2 cm³/mol. The van der Waals surface area contributed by atoms with Crippen molar-refractivity contribution in [3.05, 3.63) is 0 Å². The highest BCUT2D eigenvalue weighted by atomic mass is 31.2. The van der Waals surface area contributed by atoms with Gasteiger partial charge in [0.05, 0.1) is 27.4 Å². The fourth-order valence-electron chi connectivity index (χ4n) is 2.81. The van der Waals surface area contributed by atoms with Crippen LogP contribution in [0.25, 0.3) is 0 Å². The average molecular weight is 236 g/mol. The van der Waals surface area contributed by atoms with Crippen LogP contribution in [-0.2, 0) is 0 Å². The van der Waals surface area contributed by atoms with Gasteiger partial charge in [-0.25, -0.2) is 4.00 Å². The highest BCUT2D eigenvalue weighted by molar-refractivity contribution is 7.75. The summed E-state index contributed by atoms with van der Waals surface area (Å²) in [5, 5.41) is 0. The average Bonchev–Trinajstić information content (AvgIpc) is 1.44. The van der Waals surface area contributed by atoms with E-state index in [1.165, 1.54) is 0 Å². The fourth-order valence-corrected chi connectivity index (χ4v) is 25.3. The summed E-state index contributed by atoms with van der Waals surface area (Å²) >= 11 is 0. The molecule has 4 heteroatoms. The molecule has 0 atom stereocenters. The molecule has 0 saturated heterocycles. The van der Waals surface area contributed by atoms with Crippen molar-refractivity contribution in [1.29, 1.82) is 0 Å². The molecule has 0 aromatic rings. The first-order valence-corrected chi connectivity index (χ1v) is 15.0. The summed E-state index contributed by atoms with van der Waals surface area (Å²) in [6.45, 7) is 22.3. The van der Waals surface area contributed by atoms with Crippen LogP contribution in [0.2, 0.25) is 39.3 Å². The lowest BCUT2D eigenvalue weighted by atomic mass is 11.8. The Morgan fingerprint density at radius 1 is 0.692 bits per heavy atom. The fraction of sp³-hybridized carbons (Fsp3) is 1.00. The second-order valence-electron chi connectivity index (χ2n) is 6.60. The van der Waals surface area contributed by atoms with Crippen molar-refractivity contribution in [2.45, 2.75) is 39.3 Å². The van der Waals surface area contributed by atoms with Crippen molar-refractivity contribution in [2.24, 2.45) is 0 Å². The Balaban J connectivity index is 5.02. The predicted octanol–water partition coefficient (Wildman–Crippen LogP) is 3.78. The molecule has 1 nitrogen and oxygen atoms in total. The number of nitrogens with zero attached hydrogens (tertiary/aromatic N) is 1. The van der Waals surface area contributed by atoms with Crippen molar-refractivity contribution < 1.29 is 0 Å². The van der Waals surface area contributed by atoms with Crippen LogP contribution in [0.1, 0.15) is 0 Å². The third-order valence-electron chi connectivity index (χ3n) is 1.87. The van der Waals surface area contributed by atoms with Gasteiger partial charge < -0.3 is 0 Å². The van der Waals surface area contributed by atoms with Gasteiger partial charge in [-0.2, -0.15) is 0 Å². The molecule has 0 saturated carbocycles. The molecule has 0 aromatic heterocycles. The van der Waals surface area contributed by atoms with E-state index in [-0.39, 0.29) is 0 Å². The first-order valence-electron chi connectivity index (χ1n) is 4.99. The molecule has 0 amide bonds. The van der Waals surface area contributed by atoms with Gasteiger partial charge in [-0.3, -0.25) is 0 Å². The van der Waals surface area contributed by atoms with E-state index in [1.54, 1.807) is 0 Å². The van der Waals surface area contributed by atoms with Gasteiger partial charge in [-0.15, -0.1) is 0 Å². The molecule has 0 heterocycles. The minimum atomic E-state index is -1.11. The van der Waals surface area contributed by atoms with Gasteiger partial charge in [-0.1, -0.05) is 39.3 Å². The van der Waals surface area contributed by atoms with Crippen molar-refractivity contribution in [2.75, 3.05) is 20.0 Å². The van der Waals surface area contributed by atoms with E-state index < -0.39 is 23.9 Å². The SMILES string of the molecule is C[Si](C)(C)N([Si](C)(C)C)[P+](C)(C)C. The van der Waals surface area contributed by atoms with Crippen molar-refractivity contribution in [1.82, 2.24) is 4.00 Å². The van der Waals surface area contributed by atoms with Crippen molar-refractivity contribution >= 4 is 23.9 Å². The van der Waals surface area contributed by atoms with Crippen LogP contribution in [-0.4, -0.2) is 40.5 Å². The van der Waals surface area contributed by atoms with Gasteiger partial charge in [0, 0.05) is 0 Å². The molecule has 0 aliphatic carbocycles. The Labute approximate surface area is 87.5 Å². The zero-order chi connectivity index (χ0) is 11.1. The largest absolute Gasteiger partial charge is 0.229 e. The van der Waals surface area contributed by atoms with Crippen molar-refractivity contribution in [3.63, 3.8) is 0 Å². The smallest absolute Gasteiger partial charge is 0.153 e. The zero-order valence-electron chi connectivity index (χ0n) is 10.9. The van der Waals surface area contributed by atoms with E-state index in [1.807, 2.05) is 0 Å². The summed E-state index contributed by atoms with van der Waals surface area (Å²) in [4.78, 5) is 0. The van der Waals surface area contributed by atoms with Crippen LogP contribution in [0.5, 0.6) is 0 Å². The van der Waals surface area contributed by atoms with Gasteiger partial charge in [0.2, 0.25) is 0 Å². The lowest BCUT2D eigenvalue weighted by molar-refractivity contribution is 0.958. The minimum absolute atomic E-state index is 0.812. The summed E-state index contributed by atoms with van der Waals surface area (Å²) in [7, 11) is -3.04. The number of hydrogen-bond acceptors (Lipinski definition) is 1. The molecule has 0 bridgehead atoms. The summed E-state index contributed by atoms with van der Waals surface area (Å²) < 4.78 is 2.95. The monoisotopic (exact) mass is 236 g/mol. The highest BCUT2D eigenvalue weighted by Crippen LogP contribution is 2.56. The molecular weight excluding hydrogens is 209 g/mol. The molecule has 13 heavy (non-hydrogen) atoms. The first-order chi connectivity index (χ1) is 5.37. The van der Waals surface area contributed by atoms with E-state index in [9.17, 15) is 0 Å². The quantitative estimate of drug-likeness (QED) is 0.532. The molecule has 0 spiro atoms. The maximum atomic E-state index is 2.95. The topological polar surface area (TPSA) is 3.24 Å². The lowest BCUT2D eigenvalue weighted by Crippen LogP contribution is -2.57. The normalized spacial score (nSPS) is 15.2. The van der Waals surface area contributed by atoms with Crippen LogP contribution in [0.3, 0.4) is 0 Å². The Bertz CT molecular complexity index is 140. The van der Waals surface area contributed by atoms with E-state index in [0.717, 1.165) is 0 Å². The van der Waals surface area contributed by atoms with Gasteiger partial charge in [0.25, 0.3) is 0 Å². The molecule has 0 N–H and O–H groups in total. The van der Waals surface area contributed by atoms with Gasteiger partial charge in [0.15, 0.2) is 16.5 Å². The molecule has 0 aliphatic heterocycles. The maximum Gasteiger partial charge on any atom is 0.153 e. The summed E-state index contributed by atoms with van der Waals surface area (Å²) in [5.41, 5.74) is 0. The van der Waals surface area contributed by atoms with Crippen LogP contribution >= 0.6 is 7.41 Å². The molecule has 0 aliphatic rings. The summed E-state index contributed by atoms with van der Waals surface area (Å²) in [6, 6.07) is 0. The summed E-state index contributed by atoms with van der Waals surface area (Å²) in [6.07, 6.45) is 0. The molecule has 0 radical (unpaired) electrons. The molecule has 0 unspecified atom stereocenters. The molecule has 0 fully saturated rings. The Morgan fingerprint density at radius 3 is 0.923 bits per heavy atom. The van der Waals surface area contributed by atoms with Gasteiger partial charge in [0.1, 0.15) is 0 Å². The Kier molecular flexibility index (Phi) is 4.00. The standard InChI is InChI=1S/C9H27NPSi2/c1-11(2,3)10(12(4,5)6)13(7,8)9/h1-9H3/q+1. The third-order valence-corrected chi connectivity index (χ3v) is 16.8. The van der Waals surface area contributed by atoms with E-state index in [4.69, 9.17) is 0 Å². The van der Waals surface area contributed by atoms with Crippen molar-refractivity contribution in [3.8, 4) is 0 Å². The summed E-state index contributed by atoms with van der Waals surface area (Å²) in [5.74, 6) is 0. The lowest BCUT2D eigenvalue weighted by Gasteiger charge is -2.45. The number of rotatable bonds is 3. The molecular formula is C9H27NPSi2+. The second-order valence-corrected chi connectivity index (χ2v) is 21.7. The Morgan fingerprint density at radius 2 is 0.923 bits per heavy atom. The zero-order valence-corrected chi connectivity index (χ0v) is 13.8. The second kappa shape index (κ2) is 3.76. The van der Waals surface area contributed by atoms with E-state index in [0.29, 0.717) is 0 Å². The van der Waals surface area contributed by atoms with Gasteiger partial charge >= 0.3 is 0 Å². The van der Waals surface area contributed by atoms with Crippen LogP contribution < -0.4 is 0 Å². The van der Waals surface area contributed by atoms with E-state index in [2.05, 4.69) is 63.3 Å². The molecule has 80 valence electrons.